The van der Waals surface area contributed by atoms with Crippen LogP contribution in [0.2, 0.25) is 0 Å². The number of thiol groups is 2. The molecule has 0 bridgehead atoms. The summed E-state index contributed by atoms with van der Waals surface area (Å²) in [4.78, 5) is 227. The highest BCUT2D eigenvalue weighted by Gasteiger charge is 2.39. The molecule has 0 unspecified atom stereocenters. The number of carbonyl (C=O) groups is 16. The lowest BCUT2D eigenvalue weighted by molar-refractivity contribution is -0.142. The Morgan fingerprint density at radius 1 is 0.526 bits per heavy atom. The first-order valence-corrected chi connectivity index (χ1v) is 39.4. The van der Waals surface area contributed by atoms with E-state index < -0.39 is 253 Å². The molecule has 2 heterocycles. The first-order chi connectivity index (χ1) is 55.0. The molecule has 0 saturated carbocycles. The molecule has 1 aromatic heterocycles. The average molecular weight is 1700 g/mol. The highest BCUT2D eigenvalue weighted by Crippen LogP contribution is 2.25. The third-order valence-corrected chi connectivity index (χ3v) is 20.4. The number of benzene rings is 3. The number of nitrogens with one attached hydrogen (secondary N) is 17. The van der Waals surface area contributed by atoms with Crippen molar-refractivity contribution >= 4 is 164 Å². The third-order valence-electron chi connectivity index (χ3n) is 17.3. The van der Waals surface area contributed by atoms with Gasteiger partial charge in [-0.05, 0) is 85.5 Å². The molecule has 47 heteroatoms. The van der Waals surface area contributed by atoms with Gasteiger partial charge in [-0.1, -0.05) is 64.1 Å². The zero-order valence-corrected chi connectivity index (χ0v) is 65.4. The number of aliphatic hydroxyl groups is 1. The fraction of sp³-hybridized carbons (Fsp3) is 0.449. The molecule has 1 aliphatic rings. The van der Waals surface area contributed by atoms with Crippen LogP contribution >= 0.6 is 46.8 Å². The van der Waals surface area contributed by atoms with Crippen LogP contribution in [-0.2, 0) is 96.0 Å². The van der Waals surface area contributed by atoms with E-state index >= 15 is 9.59 Å². The monoisotopic (exact) mass is 1700 g/mol. The second kappa shape index (κ2) is 47.8. The van der Waals surface area contributed by atoms with E-state index in [-0.39, 0.29) is 62.3 Å². The van der Waals surface area contributed by atoms with Crippen molar-refractivity contribution in [1.29, 1.82) is 10.8 Å². The van der Waals surface area contributed by atoms with Gasteiger partial charge in [-0.2, -0.15) is 25.3 Å². The number of H-pyrrole nitrogens is 1. The number of carboxylic acid groups (broad SMARTS) is 3. The SMILES string of the molecule is N=C(N)NCCC[C@H](NC(=O)[C@H](CCCNC(=N)N)NC(=O)[C@H](Cc1ccc(O)cc1)NC(=O)[C@@H]1CSSC[C@H](NC(=O)[C@@H](N)Cc2ccc(O)cc2)C(=O)N[C@@H](Cc2c[nH]c3ccccc23)C(=O)N[C@@H](CC(N)=O)C(=O)N[C@@H](CO)C(=O)N[C@@H](CC(=O)O)C(=O)N[C@H](CS)C(=O)N[C@@H](CCC(=O)O)C(=O)N[C@@H](CS)C(=O)N1)C(=O)O. The number of hydrogen-bond donors (Lipinski definition) is 29. The molecule has 116 heavy (non-hydrogen) atoms. The lowest BCUT2D eigenvalue weighted by Crippen LogP contribution is -2.62. The molecule has 0 aliphatic carbocycles. The zero-order valence-electron chi connectivity index (χ0n) is 62.0. The predicted octanol–water partition coefficient (Wildman–Crippen LogP) is -7.18. The van der Waals surface area contributed by atoms with Crippen LogP contribution in [0, 0.1) is 10.8 Å². The fourth-order valence-electron chi connectivity index (χ4n) is 11.2. The van der Waals surface area contributed by atoms with Crippen LogP contribution in [0.15, 0.2) is 79.0 Å². The molecule has 1 aliphatic heterocycles. The Hall–Kier alpha value is -11.8. The van der Waals surface area contributed by atoms with Crippen molar-refractivity contribution in [3.8, 4) is 11.5 Å². The van der Waals surface area contributed by atoms with Gasteiger partial charge in [0.25, 0.3) is 0 Å². The number of carboxylic acids is 3. The number of aromatic hydroxyl groups is 2. The number of aromatic nitrogens is 1. The molecule has 632 valence electrons. The molecule has 0 radical (unpaired) electrons. The third kappa shape index (κ3) is 32.2. The molecule has 13 atom stereocenters. The van der Waals surface area contributed by atoms with E-state index in [1.807, 2.05) is 5.32 Å². The maximum atomic E-state index is 15.3. The van der Waals surface area contributed by atoms with Gasteiger partial charge < -0.3 is 133 Å². The van der Waals surface area contributed by atoms with Crippen molar-refractivity contribution in [2.24, 2.45) is 22.9 Å². The quantitative estimate of drug-likeness (QED) is 0.00693. The van der Waals surface area contributed by atoms with Gasteiger partial charge in [-0.15, -0.1) is 0 Å². The summed E-state index contributed by atoms with van der Waals surface area (Å²) in [7, 11) is 1.44. The number of hydrogen-bond acceptors (Lipinski definition) is 26. The molecule has 0 spiro atoms. The van der Waals surface area contributed by atoms with Gasteiger partial charge in [0, 0.05) is 72.5 Å². The van der Waals surface area contributed by atoms with E-state index in [9.17, 15) is 97.8 Å². The van der Waals surface area contributed by atoms with Gasteiger partial charge in [0.2, 0.25) is 76.8 Å². The van der Waals surface area contributed by atoms with E-state index in [2.05, 4.69) is 99.4 Å². The molecule has 31 N–H and O–H groups in total. The number of aliphatic hydroxyl groups excluding tert-OH is 1. The number of para-hydroxylation sites is 1. The van der Waals surface area contributed by atoms with E-state index in [0.717, 1.165) is 10.8 Å². The van der Waals surface area contributed by atoms with Crippen LogP contribution < -0.4 is 97.4 Å². The van der Waals surface area contributed by atoms with Crippen LogP contribution in [0.1, 0.15) is 68.1 Å². The van der Waals surface area contributed by atoms with Crippen molar-refractivity contribution in [3.05, 3.63) is 95.7 Å². The highest BCUT2D eigenvalue weighted by atomic mass is 33.1. The van der Waals surface area contributed by atoms with Gasteiger partial charge in [-0.3, -0.25) is 82.7 Å². The number of amides is 13. The molecule has 5 rings (SSSR count). The number of phenols is 2. The number of aliphatic carboxylic acids is 3. The normalized spacial score (nSPS) is 20.9. The summed E-state index contributed by atoms with van der Waals surface area (Å²) in [6.07, 6.45) is -3.95. The summed E-state index contributed by atoms with van der Waals surface area (Å²) < 4.78 is 0. The standard InChI is InChI=1S/C69H95N21O22S4/c70-38(21-32-9-13-35(92)14-10-32)55(99)89-50-30-115-116-31-51(66(110)82-43(22-33-11-15-36(93)16-12-33)58(102)79-40(7-3-19-76-68(72)73)56(100)81-42(67(111)112)8-4-20-77-69(74)75)90-64(108)49(29-114)87-57(101)41(17-18-53(95)96)80-63(107)48(28-113)88-61(105)46(25-54(97)98)85-62(106)47(27-91)86-60(104)45(24-52(71)94)84-59(103)44(83-65(50)109)23-34-26-78-39-6-2-1-5-37(34)39/h1-2,5-6,9-16,26,38,40-51,78,91-93,113-114H,3-4,7-8,17-25,27-31,70H2,(H2,71,94)(H,79,102)(H,80,107)(H,81,100)(H,82,110)(H,83,109)(H,84,103)(H,85,106)(H,86,104)(H,87,101)(H,88,105)(H,89,99)(H,90,108)(H,95,96)(H,97,98)(H,111,112)(H4,72,73,76)(H4,74,75,77)/t38-,40-,41-,42-,43-,44-,45-,46-,47-,48+,49-,50-,51-/m0/s1. The number of aromatic amines is 1. The van der Waals surface area contributed by atoms with Gasteiger partial charge in [0.05, 0.1) is 25.5 Å². The van der Waals surface area contributed by atoms with Crippen molar-refractivity contribution in [2.75, 3.05) is 42.7 Å². The minimum atomic E-state index is -2.18. The van der Waals surface area contributed by atoms with Crippen LogP contribution in [0.4, 0.5) is 0 Å². The maximum Gasteiger partial charge on any atom is 0.326 e. The molecular weight excluding hydrogens is 1600 g/mol. The summed E-state index contributed by atoms with van der Waals surface area (Å²) in [5, 5.41) is 109. The number of guanidine groups is 2. The Bertz CT molecular complexity index is 4190. The molecule has 4 aromatic rings. The van der Waals surface area contributed by atoms with Crippen molar-refractivity contribution < 1.29 is 107 Å². The van der Waals surface area contributed by atoms with Crippen molar-refractivity contribution in [2.45, 2.75) is 149 Å². The minimum Gasteiger partial charge on any atom is -0.508 e. The Morgan fingerprint density at radius 3 is 1.53 bits per heavy atom. The first-order valence-electron chi connectivity index (χ1n) is 35.7. The van der Waals surface area contributed by atoms with E-state index in [4.69, 9.17) is 33.8 Å². The first kappa shape index (κ1) is 94.8. The Kier molecular flexibility index (Phi) is 39.0. The largest absolute Gasteiger partial charge is 0.508 e. The minimum absolute atomic E-state index is 0.00957. The van der Waals surface area contributed by atoms with E-state index in [1.165, 1.54) is 54.7 Å². The van der Waals surface area contributed by atoms with Crippen molar-refractivity contribution in [1.82, 2.24) is 79.4 Å². The van der Waals surface area contributed by atoms with Crippen LogP contribution in [0.3, 0.4) is 0 Å². The molecule has 3 aromatic carbocycles. The number of carbonyl (C=O) groups excluding carboxylic acids is 13. The molecule has 1 saturated heterocycles. The van der Waals surface area contributed by atoms with E-state index in [1.54, 1.807) is 24.3 Å². The summed E-state index contributed by atoms with van der Waals surface area (Å²) in [6.45, 7) is -1.34. The predicted molar refractivity (Wildman–Crippen MR) is 425 cm³/mol. The Balaban J connectivity index is 1.68. The molecule has 43 nitrogen and oxygen atoms in total. The van der Waals surface area contributed by atoms with Crippen molar-refractivity contribution in [3.63, 3.8) is 0 Å². The Labute approximate surface area is 680 Å². The number of primary amides is 1. The maximum absolute atomic E-state index is 15.3. The van der Waals surface area contributed by atoms with Gasteiger partial charge in [0.15, 0.2) is 11.9 Å². The molecule has 13 amide bonds. The zero-order chi connectivity index (χ0) is 85.9. The summed E-state index contributed by atoms with van der Waals surface area (Å²) in [5.74, 6) is -24.6. The lowest BCUT2D eigenvalue weighted by atomic mass is 10.0. The molecular formula is C69H95N21O22S4. The Morgan fingerprint density at radius 2 is 0.991 bits per heavy atom. The number of nitrogens with two attached hydrogens (primary N) is 4. The lowest BCUT2D eigenvalue weighted by Gasteiger charge is -2.28. The van der Waals surface area contributed by atoms with Crippen LogP contribution in [0.25, 0.3) is 10.9 Å². The highest BCUT2D eigenvalue weighted by molar-refractivity contribution is 8.76. The fourth-order valence-corrected chi connectivity index (χ4v) is 14.0. The second-order valence-corrected chi connectivity index (χ2v) is 29.5. The average Bonchev–Trinajstić information content (AvgIpc) is 1.56. The van der Waals surface area contributed by atoms with Gasteiger partial charge >= 0.3 is 17.9 Å². The van der Waals surface area contributed by atoms with Crippen LogP contribution in [0.5, 0.6) is 11.5 Å². The number of fused-ring (bicyclic) bond motifs is 1. The number of phenolic OH excluding ortho intramolecular Hbond substituents is 2. The topological polar surface area (TPSA) is 730 Å². The van der Waals surface area contributed by atoms with Crippen LogP contribution in [-0.4, -0.2) is 263 Å². The summed E-state index contributed by atoms with van der Waals surface area (Å²) >= 11 is 8.38. The second-order valence-electron chi connectivity index (χ2n) is 26.3. The van der Waals surface area contributed by atoms with E-state index in [0.29, 0.717) is 32.8 Å². The molecule has 1 fully saturated rings. The number of rotatable bonds is 33. The van der Waals surface area contributed by atoms with Gasteiger partial charge in [0.1, 0.15) is 84.0 Å². The summed E-state index contributed by atoms with van der Waals surface area (Å²) in [5.41, 5.74) is 24.4. The summed E-state index contributed by atoms with van der Waals surface area (Å²) in [6, 6.07) is -6.56. The smallest absolute Gasteiger partial charge is 0.326 e. The van der Waals surface area contributed by atoms with Gasteiger partial charge in [-0.25, -0.2) is 4.79 Å².